The number of thioether (sulfide) groups is 1. The molecule has 0 bridgehead atoms. The molecule has 4 nitrogen and oxygen atoms in total. The first-order valence-electron chi connectivity index (χ1n) is 7.46. The lowest BCUT2D eigenvalue weighted by molar-refractivity contribution is -0.139. The zero-order valence-corrected chi connectivity index (χ0v) is 13.7. The smallest absolute Gasteiger partial charge is 0.252 e. The molecule has 1 aliphatic heterocycles. The molecule has 23 heavy (non-hydrogen) atoms. The monoisotopic (exact) mass is 326 g/mol. The molecule has 0 aromatic heterocycles. The number of carbonyl (C=O) groups excluding carboxylic acids is 2. The van der Waals surface area contributed by atoms with Gasteiger partial charge in [-0.2, -0.15) is 0 Å². The van der Waals surface area contributed by atoms with Crippen molar-refractivity contribution < 1.29 is 9.59 Å². The van der Waals surface area contributed by atoms with Gasteiger partial charge in [0.2, 0.25) is 5.91 Å². The third-order valence-corrected chi connectivity index (χ3v) is 4.56. The third-order valence-electron chi connectivity index (χ3n) is 3.84. The SMILES string of the molecule is CSc1cccc(N[C@H]2CC(=O)N(Cc3ccccc3)C2=O)c1. The zero-order valence-electron chi connectivity index (χ0n) is 12.9. The number of benzene rings is 2. The molecule has 1 aliphatic rings. The van der Waals surface area contributed by atoms with E-state index in [0.717, 1.165) is 16.1 Å². The summed E-state index contributed by atoms with van der Waals surface area (Å²) in [6.07, 6.45) is 2.21. The van der Waals surface area contributed by atoms with Gasteiger partial charge in [-0.25, -0.2) is 0 Å². The van der Waals surface area contributed by atoms with Crippen molar-refractivity contribution in [2.75, 3.05) is 11.6 Å². The minimum Gasteiger partial charge on any atom is -0.373 e. The molecule has 3 rings (SSSR count). The zero-order chi connectivity index (χ0) is 16.2. The first kappa shape index (κ1) is 15.6. The molecule has 2 amide bonds. The molecule has 1 N–H and O–H groups in total. The van der Waals surface area contributed by atoms with E-state index in [4.69, 9.17) is 0 Å². The van der Waals surface area contributed by atoms with Crippen molar-refractivity contribution in [2.24, 2.45) is 0 Å². The summed E-state index contributed by atoms with van der Waals surface area (Å²) in [5.41, 5.74) is 1.82. The van der Waals surface area contributed by atoms with Gasteiger partial charge in [0.15, 0.2) is 0 Å². The topological polar surface area (TPSA) is 49.4 Å². The highest BCUT2D eigenvalue weighted by molar-refractivity contribution is 7.98. The fourth-order valence-electron chi connectivity index (χ4n) is 2.64. The van der Waals surface area contributed by atoms with Crippen LogP contribution >= 0.6 is 11.8 Å². The minimum atomic E-state index is -0.483. The number of likely N-dealkylation sites (tertiary alicyclic amines) is 1. The van der Waals surface area contributed by atoms with E-state index in [1.165, 1.54) is 4.90 Å². The molecule has 1 saturated heterocycles. The number of imide groups is 1. The lowest BCUT2D eigenvalue weighted by Crippen LogP contribution is -2.34. The van der Waals surface area contributed by atoms with Gasteiger partial charge in [0.1, 0.15) is 6.04 Å². The highest BCUT2D eigenvalue weighted by Gasteiger charge is 2.38. The lowest BCUT2D eigenvalue weighted by atomic mass is 10.2. The highest BCUT2D eigenvalue weighted by atomic mass is 32.2. The molecule has 1 heterocycles. The number of carbonyl (C=O) groups is 2. The molecule has 2 aromatic carbocycles. The van der Waals surface area contributed by atoms with Crippen molar-refractivity contribution in [3.05, 3.63) is 60.2 Å². The van der Waals surface area contributed by atoms with Gasteiger partial charge < -0.3 is 5.32 Å². The fourth-order valence-corrected chi connectivity index (χ4v) is 3.10. The van der Waals surface area contributed by atoms with Crippen LogP contribution in [0.1, 0.15) is 12.0 Å². The second-order valence-electron chi connectivity index (χ2n) is 5.44. The lowest BCUT2D eigenvalue weighted by Gasteiger charge is -2.16. The summed E-state index contributed by atoms with van der Waals surface area (Å²) in [5.74, 6) is -0.286. The number of hydrogen-bond donors (Lipinski definition) is 1. The van der Waals surface area contributed by atoms with Crippen LogP contribution in [0.15, 0.2) is 59.5 Å². The normalized spacial score (nSPS) is 17.6. The summed E-state index contributed by atoms with van der Waals surface area (Å²) in [6.45, 7) is 0.335. The van der Waals surface area contributed by atoms with Crippen LogP contribution < -0.4 is 5.32 Å². The molecule has 0 spiro atoms. The van der Waals surface area contributed by atoms with Gasteiger partial charge in [-0.15, -0.1) is 11.8 Å². The summed E-state index contributed by atoms with van der Waals surface area (Å²) >= 11 is 1.64. The Balaban J connectivity index is 1.70. The minimum absolute atomic E-state index is 0.127. The van der Waals surface area contributed by atoms with Gasteiger partial charge in [-0.3, -0.25) is 14.5 Å². The largest absolute Gasteiger partial charge is 0.373 e. The van der Waals surface area contributed by atoms with Crippen molar-refractivity contribution in [2.45, 2.75) is 23.9 Å². The first-order valence-corrected chi connectivity index (χ1v) is 8.68. The van der Waals surface area contributed by atoms with Crippen molar-refractivity contribution in [1.29, 1.82) is 0 Å². The molecule has 0 unspecified atom stereocenters. The summed E-state index contributed by atoms with van der Waals surface area (Å²) in [7, 11) is 0. The highest BCUT2D eigenvalue weighted by Crippen LogP contribution is 2.23. The Bertz CT molecular complexity index is 718. The molecule has 2 aromatic rings. The van der Waals surface area contributed by atoms with E-state index in [1.807, 2.05) is 60.9 Å². The number of rotatable bonds is 5. The Hall–Kier alpha value is -2.27. The number of amides is 2. The maximum Gasteiger partial charge on any atom is 0.252 e. The van der Waals surface area contributed by atoms with E-state index in [-0.39, 0.29) is 18.2 Å². The van der Waals surface area contributed by atoms with Crippen molar-refractivity contribution >= 4 is 29.3 Å². The molecule has 118 valence electrons. The molecule has 0 saturated carbocycles. The van der Waals surface area contributed by atoms with Gasteiger partial charge in [-0.05, 0) is 30.0 Å². The van der Waals surface area contributed by atoms with E-state index < -0.39 is 6.04 Å². The third kappa shape index (κ3) is 3.56. The Morgan fingerprint density at radius 2 is 1.91 bits per heavy atom. The molecule has 1 fully saturated rings. The van der Waals surface area contributed by atoms with Crippen LogP contribution in [0.25, 0.3) is 0 Å². The van der Waals surface area contributed by atoms with Gasteiger partial charge in [-0.1, -0.05) is 36.4 Å². The van der Waals surface area contributed by atoms with Crippen LogP contribution in [0.3, 0.4) is 0 Å². The van der Waals surface area contributed by atoms with Crippen molar-refractivity contribution in [3.63, 3.8) is 0 Å². The summed E-state index contributed by atoms with van der Waals surface area (Å²) < 4.78 is 0. The number of hydrogen-bond acceptors (Lipinski definition) is 4. The van der Waals surface area contributed by atoms with Crippen LogP contribution in [-0.2, 0) is 16.1 Å². The summed E-state index contributed by atoms with van der Waals surface area (Å²) in [5, 5.41) is 3.19. The molecular formula is C18H18N2O2S. The second-order valence-corrected chi connectivity index (χ2v) is 6.32. The first-order chi connectivity index (χ1) is 11.2. The number of nitrogens with one attached hydrogen (secondary N) is 1. The van der Waals surface area contributed by atoms with Crippen LogP contribution in [0.2, 0.25) is 0 Å². The summed E-state index contributed by atoms with van der Waals surface area (Å²) in [4.78, 5) is 27.1. The van der Waals surface area contributed by atoms with E-state index >= 15 is 0 Å². The van der Waals surface area contributed by atoms with E-state index in [0.29, 0.717) is 6.54 Å². The molecule has 0 radical (unpaired) electrons. The Kier molecular flexibility index (Phi) is 4.67. The van der Waals surface area contributed by atoms with E-state index in [9.17, 15) is 9.59 Å². The quantitative estimate of drug-likeness (QED) is 0.677. The predicted octanol–water partition coefficient (Wildman–Crippen LogP) is 3.15. The molecule has 0 aliphatic carbocycles. The number of anilines is 1. The maximum atomic E-state index is 12.5. The fraction of sp³-hybridized carbons (Fsp3) is 0.222. The van der Waals surface area contributed by atoms with Gasteiger partial charge in [0, 0.05) is 10.6 Å². The standard InChI is InChI=1S/C18H18N2O2S/c1-23-15-9-5-8-14(10-15)19-16-11-17(21)20(18(16)22)12-13-6-3-2-4-7-13/h2-10,16,19H,11-12H2,1H3/t16-/m0/s1. The van der Waals surface area contributed by atoms with Crippen LogP contribution in [0, 0.1) is 0 Å². The van der Waals surface area contributed by atoms with Crippen molar-refractivity contribution in [3.8, 4) is 0 Å². The summed E-state index contributed by atoms with van der Waals surface area (Å²) in [6, 6.07) is 16.9. The number of nitrogens with zero attached hydrogens (tertiary/aromatic N) is 1. The Labute approximate surface area is 139 Å². The van der Waals surface area contributed by atoms with Crippen LogP contribution in [0.4, 0.5) is 5.69 Å². The predicted molar refractivity (Wildman–Crippen MR) is 92.2 cm³/mol. The van der Waals surface area contributed by atoms with Gasteiger partial charge in [0.25, 0.3) is 5.91 Å². The van der Waals surface area contributed by atoms with E-state index in [2.05, 4.69) is 5.32 Å². The van der Waals surface area contributed by atoms with Crippen LogP contribution in [-0.4, -0.2) is 29.0 Å². The molecule has 1 atom stereocenters. The average Bonchev–Trinajstić information content (AvgIpc) is 2.83. The Morgan fingerprint density at radius 3 is 2.65 bits per heavy atom. The van der Waals surface area contributed by atoms with Crippen LogP contribution in [0.5, 0.6) is 0 Å². The Morgan fingerprint density at radius 1 is 1.13 bits per heavy atom. The van der Waals surface area contributed by atoms with Gasteiger partial charge >= 0.3 is 0 Å². The molecular weight excluding hydrogens is 308 g/mol. The average molecular weight is 326 g/mol. The maximum absolute atomic E-state index is 12.5. The molecule has 5 heteroatoms. The van der Waals surface area contributed by atoms with Crippen molar-refractivity contribution in [1.82, 2.24) is 4.90 Å². The second kappa shape index (κ2) is 6.87. The van der Waals surface area contributed by atoms with E-state index in [1.54, 1.807) is 11.8 Å². The van der Waals surface area contributed by atoms with Gasteiger partial charge in [0.05, 0.1) is 13.0 Å².